The minimum Gasteiger partial charge on any atom is -0.388 e. The maximum atomic E-state index is 12.4. The van der Waals surface area contributed by atoms with E-state index < -0.39 is 17.5 Å². The van der Waals surface area contributed by atoms with E-state index in [4.69, 9.17) is 5.26 Å². The molecule has 0 saturated carbocycles. The lowest BCUT2D eigenvalue weighted by Gasteiger charge is -2.08. The summed E-state index contributed by atoms with van der Waals surface area (Å²) in [7, 11) is 0. The average molecular weight is 282 g/mol. The number of ketones is 1. The summed E-state index contributed by atoms with van der Waals surface area (Å²) in [5, 5.41) is 11.8. The minimum atomic E-state index is -4.45. The largest absolute Gasteiger partial charge is 0.416 e. The molecule has 0 radical (unpaired) electrons. The molecule has 0 unspecified atom stereocenters. The summed E-state index contributed by atoms with van der Waals surface area (Å²) in [5.74, 6) is -0.598. The summed E-state index contributed by atoms with van der Waals surface area (Å²) in [6, 6.07) is 5.57. The van der Waals surface area contributed by atoms with Gasteiger partial charge in [-0.25, -0.2) is 0 Å². The van der Waals surface area contributed by atoms with Crippen LogP contribution in [0.15, 0.2) is 35.5 Å². The molecule has 0 aliphatic carbocycles. The molecule has 0 atom stereocenters. The van der Waals surface area contributed by atoms with E-state index in [2.05, 4.69) is 5.32 Å². The molecule has 0 heterocycles. The molecular weight excluding hydrogens is 269 g/mol. The van der Waals surface area contributed by atoms with Crippen molar-refractivity contribution in [2.45, 2.75) is 20.0 Å². The number of carbonyl (C=O) groups excluding carboxylic acids is 1. The molecule has 1 aromatic rings. The zero-order chi connectivity index (χ0) is 15.3. The van der Waals surface area contributed by atoms with Gasteiger partial charge in [-0.15, -0.1) is 0 Å². The van der Waals surface area contributed by atoms with Crippen molar-refractivity contribution in [3.63, 3.8) is 0 Å². The van der Waals surface area contributed by atoms with Crippen LogP contribution in [0.2, 0.25) is 0 Å². The van der Waals surface area contributed by atoms with Gasteiger partial charge in [0, 0.05) is 17.8 Å². The highest BCUT2D eigenvalue weighted by molar-refractivity contribution is 6.11. The van der Waals surface area contributed by atoms with Crippen molar-refractivity contribution in [2.75, 3.05) is 6.54 Å². The number of allylic oxidation sites excluding steroid dienone is 2. The third kappa shape index (κ3) is 3.60. The number of hydrogen-bond donors (Lipinski definition) is 1. The molecule has 0 amide bonds. The normalized spacial score (nSPS) is 12.4. The van der Waals surface area contributed by atoms with Crippen LogP contribution in [0.4, 0.5) is 13.2 Å². The molecule has 0 spiro atoms. The maximum absolute atomic E-state index is 12.4. The second-order valence-corrected chi connectivity index (χ2v) is 4.05. The number of alkyl halides is 3. The lowest BCUT2D eigenvalue weighted by molar-refractivity contribution is -0.137. The van der Waals surface area contributed by atoms with Gasteiger partial charge in [-0.3, -0.25) is 4.79 Å². The number of carbonyl (C=O) groups is 1. The third-order valence-electron chi connectivity index (χ3n) is 2.63. The lowest BCUT2D eigenvalue weighted by Crippen LogP contribution is -2.16. The van der Waals surface area contributed by atoms with E-state index in [0.717, 1.165) is 24.3 Å². The van der Waals surface area contributed by atoms with Gasteiger partial charge in [0.15, 0.2) is 0 Å². The Balaban J connectivity index is 3.10. The van der Waals surface area contributed by atoms with Gasteiger partial charge in [-0.05, 0) is 26.0 Å². The zero-order valence-corrected chi connectivity index (χ0v) is 11.0. The molecule has 0 aromatic heterocycles. The van der Waals surface area contributed by atoms with E-state index in [-0.39, 0.29) is 11.1 Å². The van der Waals surface area contributed by atoms with Crippen molar-refractivity contribution in [3.8, 4) is 6.07 Å². The Morgan fingerprint density at radius 3 is 2.25 bits per heavy atom. The molecule has 1 rings (SSSR count). The predicted molar refractivity (Wildman–Crippen MR) is 67.8 cm³/mol. The fourth-order valence-corrected chi connectivity index (χ4v) is 1.61. The second-order valence-electron chi connectivity index (χ2n) is 4.05. The van der Waals surface area contributed by atoms with E-state index in [1.54, 1.807) is 19.9 Å². The fraction of sp³-hybridized carbons (Fsp3) is 0.286. The van der Waals surface area contributed by atoms with Crippen molar-refractivity contribution in [1.82, 2.24) is 5.32 Å². The highest BCUT2D eigenvalue weighted by Crippen LogP contribution is 2.29. The quantitative estimate of drug-likeness (QED) is 0.523. The topological polar surface area (TPSA) is 52.9 Å². The number of Topliss-reactive ketones (excluding diaryl/α,β-unsaturated/α-hetero) is 1. The van der Waals surface area contributed by atoms with Crippen LogP contribution in [0, 0.1) is 11.3 Å². The summed E-state index contributed by atoms with van der Waals surface area (Å²) >= 11 is 0. The van der Waals surface area contributed by atoms with Crippen LogP contribution in [-0.2, 0) is 6.18 Å². The van der Waals surface area contributed by atoms with E-state index >= 15 is 0 Å². The molecule has 0 bridgehead atoms. The fourth-order valence-electron chi connectivity index (χ4n) is 1.61. The van der Waals surface area contributed by atoms with Crippen molar-refractivity contribution in [2.24, 2.45) is 0 Å². The zero-order valence-electron chi connectivity index (χ0n) is 11.0. The molecular formula is C14H13F3N2O. The van der Waals surface area contributed by atoms with Crippen molar-refractivity contribution >= 4 is 5.78 Å². The third-order valence-corrected chi connectivity index (χ3v) is 2.63. The molecule has 0 fully saturated rings. The number of nitrogens with zero attached hydrogens (tertiary/aromatic N) is 1. The molecule has 1 aromatic carbocycles. The first-order chi connectivity index (χ1) is 9.31. The number of nitriles is 1. The van der Waals surface area contributed by atoms with Crippen LogP contribution in [0.5, 0.6) is 0 Å². The van der Waals surface area contributed by atoms with Crippen molar-refractivity contribution in [1.29, 1.82) is 5.26 Å². The molecule has 20 heavy (non-hydrogen) atoms. The van der Waals surface area contributed by atoms with Crippen LogP contribution < -0.4 is 5.32 Å². The second kappa shape index (κ2) is 6.24. The number of rotatable bonds is 4. The molecule has 3 nitrogen and oxygen atoms in total. The van der Waals surface area contributed by atoms with Crippen molar-refractivity contribution < 1.29 is 18.0 Å². The van der Waals surface area contributed by atoms with Gasteiger partial charge < -0.3 is 5.32 Å². The number of halogens is 3. The van der Waals surface area contributed by atoms with Gasteiger partial charge in [0.25, 0.3) is 0 Å². The monoisotopic (exact) mass is 282 g/mol. The van der Waals surface area contributed by atoms with E-state index in [9.17, 15) is 18.0 Å². The number of hydrogen-bond acceptors (Lipinski definition) is 3. The molecule has 6 heteroatoms. The van der Waals surface area contributed by atoms with E-state index in [1.165, 1.54) is 0 Å². The van der Waals surface area contributed by atoms with Crippen LogP contribution in [0.3, 0.4) is 0 Å². The highest BCUT2D eigenvalue weighted by Gasteiger charge is 2.30. The Morgan fingerprint density at radius 1 is 1.30 bits per heavy atom. The summed E-state index contributed by atoms with van der Waals surface area (Å²) in [6.45, 7) is 3.92. The standard InChI is InChI=1S/C14H13F3N2O/c1-3-19-9(2)12(8-18)13(20)10-4-6-11(7-5-10)14(15,16)17/h4-7,19H,3H2,1-2H3/b12-9-. The van der Waals surface area contributed by atoms with Gasteiger partial charge in [0.1, 0.15) is 11.6 Å². The van der Waals surface area contributed by atoms with E-state index in [0.29, 0.717) is 12.2 Å². The summed E-state index contributed by atoms with van der Waals surface area (Å²) < 4.78 is 37.3. The Kier molecular flexibility index (Phi) is 4.92. The Labute approximate surface area is 114 Å². The predicted octanol–water partition coefficient (Wildman–Crippen LogP) is 3.30. The Bertz CT molecular complexity index is 566. The molecule has 106 valence electrons. The molecule has 1 N–H and O–H groups in total. The Hall–Kier alpha value is -2.29. The van der Waals surface area contributed by atoms with Crippen LogP contribution in [0.1, 0.15) is 29.8 Å². The van der Waals surface area contributed by atoms with Crippen LogP contribution in [0.25, 0.3) is 0 Å². The number of benzene rings is 1. The van der Waals surface area contributed by atoms with Crippen LogP contribution in [-0.4, -0.2) is 12.3 Å². The van der Waals surface area contributed by atoms with Gasteiger partial charge in [-0.2, -0.15) is 18.4 Å². The summed E-state index contributed by atoms with van der Waals surface area (Å²) in [6.07, 6.45) is -4.45. The van der Waals surface area contributed by atoms with Gasteiger partial charge in [0.2, 0.25) is 5.78 Å². The molecule has 0 saturated heterocycles. The van der Waals surface area contributed by atoms with Crippen molar-refractivity contribution in [3.05, 3.63) is 46.7 Å². The number of nitrogens with one attached hydrogen (secondary N) is 1. The maximum Gasteiger partial charge on any atom is 0.416 e. The summed E-state index contributed by atoms with van der Waals surface area (Å²) in [5.41, 5.74) is -0.488. The Morgan fingerprint density at radius 2 is 1.85 bits per heavy atom. The molecule has 0 aliphatic heterocycles. The highest BCUT2D eigenvalue weighted by atomic mass is 19.4. The van der Waals surface area contributed by atoms with E-state index in [1.807, 2.05) is 0 Å². The first kappa shape index (κ1) is 15.8. The smallest absolute Gasteiger partial charge is 0.388 e. The first-order valence-corrected chi connectivity index (χ1v) is 5.88. The minimum absolute atomic E-state index is 0.0480. The lowest BCUT2D eigenvalue weighted by atomic mass is 10.0. The SMILES string of the molecule is CCN/C(C)=C(/C#N)C(=O)c1ccc(C(F)(F)F)cc1. The van der Waals surface area contributed by atoms with Gasteiger partial charge in [-0.1, -0.05) is 12.1 Å². The van der Waals surface area contributed by atoms with Gasteiger partial charge in [0.05, 0.1) is 5.56 Å². The van der Waals surface area contributed by atoms with Gasteiger partial charge >= 0.3 is 6.18 Å². The average Bonchev–Trinajstić information content (AvgIpc) is 2.39. The van der Waals surface area contributed by atoms with Crippen LogP contribution >= 0.6 is 0 Å². The molecule has 0 aliphatic rings. The first-order valence-electron chi connectivity index (χ1n) is 5.88. The summed E-state index contributed by atoms with van der Waals surface area (Å²) in [4.78, 5) is 12.1.